The average Bonchev–Trinajstić information content (AvgIpc) is 2.35. The predicted octanol–water partition coefficient (Wildman–Crippen LogP) is 2.29. The molecule has 1 aliphatic rings. The van der Waals surface area contributed by atoms with Crippen molar-refractivity contribution >= 4 is 33.3 Å². The van der Waals surface area contributed by atoms with Crippen molar-refractivity contribution in [1.29, 1.82) is 0 Å². The average molecular weight is 349 g/mol. The van der Waals surface area contributed by atoms with E-state index in [1.54, 1.807) is 0 Å². The highest BCUT2D eigenvalue weighted by Crippen LogP contribution is 2.30. The smallest absolute Gasteiger partial charge is 0.150 e. The molecule has 1 aliphatic heterocycles. The summed E-state index contributed by atoms with van der Waals surface area (Å²) >= 11 is 9.63. The van der Waals surface area contributed by atoms with Gasteiger partial charge in [-0.25, -0.2) is 9.97 Å². The van der Waals surface area contributed by atoms with Crippen LogP contribution in [0.15, 0.2) is 4.47 Å². The van der Waals surface area contributed by atoms with Crippen LogP contribution in [0.2, 0.25) is 5.15 Å². The number of halogens is 2. The van der Waals surface area contributed by atoms with E-state index in [0.717, 1.165) is 35.7 Å². The molecule has 0 saturated carbocycles. The molecular weight excluding hydrogens is 330 g/mol. The lowest BCUT2D eigenvalue weighted by atomic mass is 10.2. The van der Waals surface area contributed by atoms with E-state index in [2.05, 4.69) is 62.3 Å². The van der Waals surface area contributed by atoms with Gasteiger partial charge in [-0.3, -0.25) is 4.90 Å². The van der Waals surface area contributed by atoms with E-state index in [1.165, 1.54) is 0 Å². The summed E-state index contributed by atoms with van der Waals surface area (Å²) in [6.07, 6.45) is 0. The molecule has 19 heavy (non-hydrogen) atoms. The number of likely N-dealkylation sites (N-methyl/N-ethyl adjacent to an activating group) is 1. The second-order valence-electron chi connectivity index (χ2n) is 5.03. The monoisotopic (exact) mass is 347 g/mol. The van der Waals surface area contributed by atoms with E-state index < -0.39 is 0 Å². The molecule has 1 atom stereocenters. The Morgan fingerprint density at radius 3 is 2.84 bits per heavy atom. The third kappa shape index (κ3) is 3.56. The highest BCUT2D eigenvalue weighted by molar-refractivity contribution is 9.10. The number of hydrogen-bond acceptors (Lipinski definition) is 5. The summed E-state index contributed by atoms with van der Waals surface area (Å²) < 4.78 is 0.720. The summed E-state index contributed by atoms with van der Waals surface area (Å²) in [7, 11) is 2.08. The fourth-order valence-corrected chi connectivity index (χ4v) is 2.52. The number of rotatable bonds is 3. The summed E-state index contributed by atoms with van der Waals surface area (Å²) in [5.74, 6) is 1.51. The Bertz CT molecular complexity index is 454. The van der Waals surface area contributed by atoms with Crippen LogP contribution in [0.1, 0.15) is 25.7 Å². The van der Waals surface area contributed by atoms with Crippen LogP contribution in [0.5, 0.6) is 0 Å². The van der Waals surface area contributed by atoms with Crippen molar-refractivity contribution in [3.8, 4) is 0 Å². The quantitative estimate of drug-likeness (QED) is 0.821. The normalized spacial score (nSPS) is 20.8. The molecule has 1 fully saturated rings. The second kappa shape index (κ2) is 6.35. The van der Waals surface area contributed by atoms with Crippen molar-refractivity contribution < 1.29 is 0 Å². The summed E-state index contributed by atoms with van der Waals surface area (Å²) in [5, 5.41) is 7.10. The van der Waals surface area contributed by atoms with Gasteiger partial charge in [-0.2, -0.15) is 0 Å². The minimum Gasteiger partial charge on any atom is -0.367 e. The van der Waals surface area contributed by atoms with Crippen LogP contribution in [-0.2, 0) is 0 Å². The molecule has 106 valence electrons. The standard InChI is InChI=1S/C12H19BrClN5/c1-7(2)16-12-9(13)10(14)17-11(18-12)8-6-15-4-5-19(8)3/h7-8,15H,4-6H2,1-3H3,(H,16,17,18). The molecule has 0 bridgehead atoms. The molecule has 2 heterocycles. The Labute approximate surface area is 127 Å². The second-order valence-corrected chi connectivity index (χ2v) is 6.19. The van der Waals surface area contributed by atoms with E-state index in [4.69, 9.17) is 11.6 Å². The molecule has 1 aromatic rings. The van der Waals surface area contributed by atoms with Crippen LogP contribution >= 0.6 is 27.5 Å². The molecular formula is C12H19BrClN5. The lowest BCUT2D eigenvalue weighted by Gasteiger charge is -2.32. The van der Waals surface area contributed by atoms with Crippen LogP contribution in [-0.4, -0.2) is 47.6 Å². The molecule has 2 N–H and O–H groups in total. The number of nitrogens with one attached hydrogen (secondary N) is 2. The molecule has 1 unspecified atom stereocenters. The number of hydrogen-bond donors (Lipinski definition) is 2. The number of anilines is 1. The van der Waals surface area contributed by atoms with Crippen LogP contribution in [0.3, 0.4) is 0 Å². The third-order valence-electron chi connectivity index (χ3n) is 3.06. The molecule has 0 aromatic carbocycles. The van der Waals surface area contributed by atoms with E-state index in [9.17, 15) is 0 Å². The Balaban J connectivity index is 2.32. The van der Waals surface area contributed by atoms with Gasteiger partial charge in [0.25, 0.3) is 0 Å². The van der Waals surface area contributed by atoms with Gasteiger partial charge in [0.05, 0.1) is 10.5 Å². The molecule has 2 rings (SSSR count). The Hall–Kier alpha value is -0.430. The van der Waals surface area contributed by atoms with Crippen LogP contribution in [0.4, 0.5) is 5.82 Å². The SMILES string of the molecule is CC(C)Nc1nc(C2CNCCN2C)nc(Cl)c1Br. The van der Waals surface area contributed by atoms with E-state index in [1.807, 2.05) is 0 Å². The van der Waals surface area contributed by atoms with Gasteiger partial charge in [0, 0.05) is 25.7 Å². The van der Waals surface area contributed by atoms with Crippen molar-refractivity contribution in [3.05, 3.63) is 15.5 Å². The maximum atomic E-state index is 6.19. The van der Waals surface area contributed by atoms with Gasteiger partial charge in [0.1, 0.15) is 11.0 Å². The minimum atomic E-state index is 0.159. The van der Waals surface area contributed by atoms with Crippen molar-refractivity contribution in [2.24, 2.45) is 0 Å². The van der Waals surface area contributed by atoms with Gasteiger partial charge in [0.2, 0.25) is 0 Å². The number of piperazine rings is 1. The van der Waals surface area contributed by atoms with Crippen LogP contribution in [0.25, 0.3) is 0 Å². The fraction of sp³-hybridized carbons (Fsp3) is 0.667. The zero-order valence-electron chi connectivity index (χ0n) is 11.4. The molecule has 1 saturated heterocycles. The highest BCUT2D eigenvalue weighted by Gasteiger charge is 2.25. The summed E-state index contributed by atoms with van der Waals surface area (Å²) in [5.41, 5.74) is 0. The lowest BCUT2D eigenvalue weighted by molar-refractivity contribution is 0.194. The van der Waals surface area contributed by atoms with Gasteiger partial charge in [-0.05, 0) is 36.8 Å². The zero-order chi connectivity index (χ0) is 14.0. The van der Waals surface area contributed by atoms with E-state index >= 15 is 0 Å². The van der Waals surface area contributed by atoms with E-state index in [-0.39, 0.29) is 12.1 Å². The minimum absolute atomic E-state index is 0.159. The topological polar surface area (TPSA) is 53.1 Å². The first-order valence-electron chi connectivity index (χ1n) is 6.39. The molecule has 1 aromatic heterocycles. The van der Waals surface area contributed by atoms with Gasteiger partial charge >= 0.3 is 0 Å². The largest absolute Gasteiger partial charge is 0.367 e. The van der Waals surface area contributed by atoms with Gasteiger partial charge in [-0.15, -0.1) is 0 Å². The molecule has 7 heteroatoms. The Morgan fingerprint density at radius 1 is 1.47 bits per heavy atom. The van der Waals surface area contributed by atoms with E-state index in [0.29, 0.717) is 5.15 Å². The van der Waals surface area contributed by atoms with Crippen molar-refractivity contribution in [2.45, 2.75) is 25.9 Å². The Kier molecular flexibility index (Phi) is 5.00. The predicted molar refractivity (Wildman–Crippen MR) is 81.7 cm³/mol. The zero-order valence-corrected chi connectivity index (χ0v) is 13.7. The Morgan fingerprint density at radius 2 is 2.21 bits per heavy atom. The lowest BCUT2D eigenvalue weighted by Crippen LogP contribution is -2.44. The molecule has 0 spiro atoms. The number of aromatic nitrogens is 2. The molecule has 0 aliphatic carbocycles. The summed E-state index contributed by atoms with van der Waals surface area (Å²) in [6, 6.07) is 0.449. The third-order valence-corrected chi connectivity index (χ3v) is 4.32. The van der Waals surface area contributed by atoms with Gasteiger partial charge in [-0.1, -0.05) is 11.6 Å². The summed E-state index contributed by atoms with van der Waals surface area (Å²) in [4.78, 5) is 11.3. The van der Waals surface area contributed by atoms with Crippen molar-refractivity contribution in [1.82, 2.24) is 20.2 Å². The van der Waals surface area contributed by atoms with Crippen molar-refractivity contribution in [2.75, 3.05) is 32.0 Å². The molecule has 0 amide bonds. The van der Waals surface area contributed by atoms with Crippen molar-refractivity contribution in [3.63, 3.8) is 0 Å². The fourth-order valence-electron chi connectivity index (χ4n) is 2.05. The first-order chi connectivity index (χ1) is 8.99. The van der Waals surface area contributed by atoms with Gasteiger partial charge < -0.3 is 10.6 Å². The maximum absolute atomic E-state index is 6.19. The van der Waals surface area contributed by atoms with Crippen LogP contribution in [0, 0.1) is 0 Å². The molecule has 0 radical (unpaired) electrons. The van der Waals surface area contributed by atoms with Crippen LogP contribution < -0.4 is 10.6 Å². The summed E-state index contributed by atoms with van der Waals surface area (Å²) in [6.45, 7) is 6.95. The first kappa shape index (κ1) is 15.0. The number of nitrogens with zero attached hydrogens (tertiary/aromatic N) is 3. The molecule has 5 nitrogen and oxygen atoms in total. The highest BCUT2D eigenvalue weighted by atomic mass is 79.9. The van der Waals surface area contributed by atoms with Gasteiger partial charge in [0.15, 0.2) is 5.82 Å². The maximum Gasteiger partial charge on any atom is 0.150 e. The first-order valence-corrected chi connectivity index (χ1v) is 7.56.